The lowest BCUT2D eigenvalue weighted by atomic mass is 9.93. The standard InChI is InChI=1S/C17H30N6O/c1-12(2)15-19-16(21-17(20-15)22(4)5)18-9-6-14-7-10-23(11-8-14)13(3)24/h12,14H,6-11H2,1-5H3,(H,18,19,20,21). The van der Waals surface area contributed by atoms with Crippen molar-refractivity contribution in [3.8, 4) is 0 Å². The molecule has 1 N–H and O–H groups in total. The van der Waals surface area contributed by atoms with Gasteiger partial charge in [0.1, 0.15) is 5.82 Å². The van der Waals surface area contributed by atoms with Gasteiger partial charge in [-0.3, -0.25) is 4.79 Å². The number of nitrogens with one attached hydrogen (secondary N) is 1. The van der Waals surface area contributed by atoms with E-state index in [9.17, 15) is 4.79 Å². The van der Waals surface area contributed by atoms with Crippen molar-refractivity contribution >= 4 is 17.8 Å². The minimum Gasteiger partial charge on any atom is -0.354 e. The van der Waals surface area contributed by atoms with Crippen LogP contribution < -0.4 is 10.2 Å². The summed E-state index contributed by atoms with van der Waals surface area (Å²) in [7, 11) is 3.87. The van der Waals surface area contributed by atoms with Gasteiger partial charge in [0.25, 0.3) is 0 Å². The van der Waals surface area contributed by atoms with Crippen molar-refractivity contribution in [2.24, 2.45) is 5.92 Å². The number of likely N-dealkylation sites (tertiary alicyclic amines) is 1. The molecule has 2 heterocycles. The highest BCUT2D eigenvalue weighted by atomic mass is 16.2. The minimum absolute atomic E-state index is 0.189. The number of anilines is 2. The van der Waals surface area contributed by atoms with Crippen LogP contribution in [0.5, 0.6) is 0 Å². The van der Waals surface area contributed by atoms with Gasteiger partial charge >= 0.3 is 0 Å². The Morgan fingerprint density at radius 3 is 2.46 bits per heavy atom. The molecule has 1 aliphatic rings. The van der Waals surface area contributed by atoms with E-state index in [-0.39, 0.29) is 11.8 Å². The number of hydrogen-bond acceptors (Lipinski definition) is 6. The van der Waals surface area contributed by atoms with Gasteiger partial charge in [0.2, 0.25) is 17.8 Å². The zero-order chi connectivity index (χ0) is 17.7. The molecular weight excluding hydrogens is 304 g/mol. The number of carbonyl (C=O) groups is 1. The number of hydrogen-bond donors (Lipinski definition) is 1. The smallest absolute Gasteiger partial charge is 0.229 e. The van der Waals surface area contributed by atoms with Crippen LogP contribution in [-0.2, 0) is 4.79 Å². The van der Waals surface area contributed by atoms with Gasteiger partial charge in [0.15, 0.2) is 0 Å². The van der Waals surface area contributed by atoms with Crippen LogP contribution in [-0.4, -0.2) is 59.5 Å². The molecule has 0 atom stereocenters. The van der Waals surface area contributed by atoms with Gasteiger partial charge in [-0.1, -0.05) is 13.8 Å². The van der Waals surface area contributed by atoms with Crippen LogP contribution in [0.3, 0.4) is 0 Å². The molecule has 7 nitrogen and oxygen atoms in total. The Bertz CT molecular complexity index is 526. The lowest BCUT2D eigenvalue weighted by Crippen LogP contribution is -2.37. The van der Waals surface area contributed by atoms with E-state index in [1.807, 2.05) is 23.9 Å². The summed E-state index contributed by atoms with van der Waals surface area (Å²) in [6.07, 6.45) is 3.24. The number of nitrogens with zero attached hydrogens (tertiary/aromatic N) is 5. The molecule has 7 heteroatoms. The first-order valence-electron chi connectivity index (χ1n) is 8.79. The van der Waals surface area contributed by atoms with E-state index in [2.05, 4.69) is 34.1 Å². The van der Waals surface area contributed by atoms with Gasteiger partial charge in [0.05, 0.1) is 0 Å². The number of aromatic nitrogens is 3. The van der Waals surface area contributed by atoms with Gasteiger partial charge in [-0.15, -0.1) is 0 Å². The molecule has 0 unspecified atom stereocenters. The first kappa shape index (κ1) is 18.4. The minimum atomic E-state index is 0.189. The second kappa shape index (κ2) is 8.26. The van der Waals surface area contributed by atoms with Gasteiger partial charge < -0.3 is 15.1 Å². The lowest BCUT2D eigenvalue weighted by Gasteiger charge is -2.31. The van der Waals surface area contributed by atoms with Crippen molar-refractivity contribution in [1.29, 1.82) is 0 Å². The van der Waals surface area contributed by atoms with Crippen molar-refractivity contribution in [3.05, 3.63) is 5.82 Å². The summed E-state index contributed by atoms with van der Waals surface area (Å²) >= 11 is 0. The Labute approximate surface area is 144 Å². The topological polar surface area (TPSA) is 74.2 Å². The molecule has 0 spiro atoms. The summed E-state index contributed by atoms with van der Waals surface area (Å²) in [6, 6.07) is 0. The third-order valence-corrected chi connectivity index (χ3v) is 4.45. The fourth-order valence-corrected chi connectivity index (χ4v) is 2.84. The van der Waals surface area contributed by atoms with Crippen molar-refractivity contribution in [2.45, 2.75) is 46.0 Å². The van der Waals surface area contributed by atoms with E-state index in [0.29, 0.717) is 17.8 Å². The number of rotatable bonds is 6. The summed E-state index contributed by atoms with van der Waals surface area (Å²) in [5.41, 5.74) is 0. The van der Waals surface area contributed by atoms with Crippen molar-refractivity contribution in [1.82, 2.24) is 19.9 Å². The summed E-state index contributed by atoms with van der Waals surface area (Å²) in [6.45, 7) is 8.43. The molecule has 0 bridgehead atoms. The highest BCUT2D eigenvalue weighted by Gasteiger charge is 2.20. The highest BCUT2D eigenvalue weighted by Crippen LogP contribution is 2.21. The average Bonchev–Trinajstić information content (AvgIpc) is 2.55. The fraction of sp³-hybridized carbons (Fsp3) is 0.765. The number of amides is 1. The maximum absolute atomic E-state index is 11.4. The molecule has 1 saturated heterocycles. The molecule has 1 amide bonds. The second-order valence-corrected chi connectivity index (χ2v) is 7.03. The zero-order valence-corrected chi connectivity index (χ0v) is 15.5. The Kier molecular flexibility index (Phi) is 6.34. The van der Waals surface area contributed by atoms with E-state index >= 15 is 0 Å². The monoisotopic (exact) mass is 334 g/mol. The first-order chi connectivity index (χ1) is 11.4. The molecule has 0 saturated carbocycles. The molecule has 0 radical (unpaired) electrons. The largest absolute Gasteiger partial charge is 0.354 e. The average molecular weight is 334 g/mol. The van der Waals surface area contributed by atoms with Crippen LogP contribution in [0.2, 0.25) is 0 Å². The molecule has 1 fully saturated rings. The lowest BCUT2D eigenvalue weighted by molar-refractivity contribution is -0.130. The molecule has 134 valence electrons. The summed E-state index contributed by atoms with van der Waals surface area (Å²) in [5, 5.41) is 3.35. The Morgan fingerprint density at radius 1 is 1.25 bits per heavy atom. The molecule has 24 heavy (non-hydrogen) atoms. The fourth-order valence-electron chi connectivity index (χ4n) is 2.84. The van der Waals surface area contributed by atoms with Gasteiger partial charge in [-0.25, -0.2) is 0 Å². The maximum atomic E-state index is 11.4. The molecule has 2 rings (SSSR count). The van der Waals surface area contributed by atoms with Crippen LogP contribution in [0.1, 0.15) is 51.8 Å². The second-order valence-electron chi connectivity index (χ2n) is 7.03. The summed E-state index contributed by atoms with van der Waals surface area (Å²) < 4.78 is 0. The van der Waals surface area contributed by atoms with Crippen molar-refractivity contribution in [2.75, 3.05) is 43.9 Å². The normalized spacial score (nSPS) is 15.7. The van der Waals surface area contributed by atoms with E-state index in [4.69, 9.17) is 0 Å². The predicted octanol–water partition coefficient (Wildman–Crippen LogP) is 2.12. The predicted molar refractivity (Wildman–Crippen MR) is 96.3 cm³/mol. The Balaban J connectivity index is 1.87. The SMILES string of the molecule is CC(=O)N1CCC(CCNc2nc(C(C)C)nc(N(C)C)n2)CC1. The zero-order valence-electron chi connectivity index (χ0n) is 15.5. The summed E-state index contributed by atoms with van der Waals surface area (Å²) in [5.74, 6) is 3.26. The molecule has 1 aliphatic heterocycles. The first-order valence-corrected chi connectivity index (χ1v) is 8.79. The number of piperidine rings is 1. The Hall–Kier alpha value is -1.92. The van der Waals surface area contributed by atoms with E-state index < -0.39 is 0 Å². The van der Waals surface area contributed by atoms with E-state index in [1.54, 1.807) is 6.92 Å². The maximum Gasteiger partial charge on any atom is 0.229 e. The highest BCUT2D eigenvalue weighted by molar-refractivity contribution is 5.73. The third-order valence-electron chi connectivity index (χ3n) is 4.45. The van der Waals surface area contributed by atoms with Crippen LogP contribution in [0.4, 0.5) is 11.9 Å². The molecule has 1 aromatic rings. The Morgan fingerprint density at radius 2 is 1.92 bits per heavy atom. The van der Waals surface area contributed by atoms with Gasteiger partial charge in [0, 0.05) is 46.6 Å². The van der Waals surface area contributed by atoms with E-state index in [0.717, 1.165) is 44.7 Å². The van der Waals surface area contributed by atoms with Crippen LogP contribution in [0.15, 0.2) is 0 Å². The molecule has 0 aromatic carbocycles. The molecular formula is C17H30N6O. The number of carbonyl (C=O) groups excluding carboxylic acids is 1. The van der Waals surface area contributed by atoms with Gasteiger partial charge in [-0.2, -0.15) is 15.0 Å². The summed E-state index contributed by atoms with van der Waals surface area (Å²) in [4.78, 5) is 28.7. The van der Waals surface area contributed by atoms with Crippen LogP contribution >= 0.6 is 0 Å². The van der Waals surface area contributed by atoms with Crippen LogP contribution in [0, 0.1) is 5.92 Å². The van der Waals surface area contributed by atoms with Crippen molar-refractivity contribution in [3.63, 3.8) is 0 Å². The van der Waals surface area contributed by atoms with Crippen LogP contribution in [0.25, 0.3) is 0 Å². The van der Waals surface area contributed by atoms with Crippen molar-refractivity contribution < 1.29 is 4.79 Å². The quantitative estimate of drug-likeness (QED) is 0.859. The van der Waals surface area contributed by atoms with E-state index in [1.165, 1.54) is 0 Å². The molecule has 1 aromatic heterocycles. The molecule has 0 aliphatic carbocycles. The third kappa shape index (κ3) is 5.04. The van der Waals surface area contributed by atoms with Gasteiger partial charge in [-0.05, 0) is 25.2 Å².